The summed E-state index contributed by atoms with van der Waals surface area (Å²) < 4.78 is 41.4. The number of rotatable bonds is 3. The Kier molecular flexibility index (Phi) is 5.91. The van der Waals surface area contributed by atoms with Crippen LogP contribution in [0.15, 0.2) is 52.5 Å². The molecule has 3 N–H and O–H groups in total. The van der Waals surface area contributed by atoms with Crippen molar-refractivity contribution in [2.75, 3.05) is 13.1 Å². The number of alkyl halides is 3. The number of nitrogens with one attached hydrogen (secondary N) is 1. The van der Waals surface area contributed by atoms with Gasteiger partial charge >= 0.3 is 6.18 Å². The van der Waals surface area contributed by atoms with E-state index in [9.17, 15) is 18.0 Å². The third kappa shape index (κ3) is 4.45. The maximum absolute atomic E-state index is 13.8. The molecule has 1 atom stereocenters. The van der Waals surface area contributed by atoms with Crippen molar-refractivity contribution in [1.82, 2.24) is 15.1 Å². The highest BCUT2D eigenvalue weighted by atomic mass is 35.5. The molecule has 2 aliphatic heterocycles. The molecule has 0 bridgehead atoms. The predicted octanol–water partition coefficient (Wildman–Crippen LogP) is 4.85. The lowest BCUT2D eigenvalue weighted by Gasteiger charge is -2.18. The van der Waals surface area contributed by atoms with E-state index in [2.05, 4.69) is 15.2 Å². The van der Waals surface area contributed by atoms with Crippen LogP contribution < -0.4 is 5.73 Å². The summed E-state index contributed by atoms with van der Waals surface area (Å²) in [7, 11) is 0. The van der Waals surface area contributed by atoms with Crippen molar-refractivity contribution in [1.29, 1.82) is 0 Å². The Morgan fingerprint density at radius 1 is 1.26 bits per heavy atom. The molecule has 0 saturated carbocycles. The molecule has 0 spiro atoms. The lowest BCUT2D eigenvalue weighted by Crippen LogP contribution is -2.29. The number of thioether (sulfide) groups is 1. The molecule has 2 aliphatic rings. The molecule has 1 amide bonds. The second-order valence-corrected chi connectivity index (χ2v) is 9.67. The van der Waals surface area contributed by atoms with Crippen molar-refractivity contribution >= 4 is 50.9 Å². The molecule has 34 heavy (non-hydrogen) atoms. The molecule has 0 radical (unpaired) electrons. The zero-order valence-electron chi connectivity index (χ0n) is 17.7. The SMILES string of the molecule is N[C@@H]1CCN(C2=NC(=O)C(=C(Cc3ccc(Cl)cc3C(F)(F)F)c3ccc4[nH]ncc4c3)S2)C1. The van der Waals surface area contributed by atoms with Crippen LogP contribution in [0.1, 0.15) is 23.1 Å². The molecule has 1 fully saturated rings. The van der Waals surface area contributed by atoms with Gasteiger partial charge in [0, 0.05) is 29.5 Å². The minimum Gasteiger partial charge on any atom is -0.349 e. The number of hydrogen-bond acceptors (Lipinski definition) is 5. The molecule has 3 aromatic rings. The first-order valence-electron chi connectivity index (χ1n) is 10.5. The van der Waals surface area contributed by atoms with Crippen molar-refractivity contribution in [3.63, 3.8) is 0 Å². The number of benzene rings is 2. The average molecular weight is 506 g/mol. The van der Waals surface area contributed by atoms with Crippen LogP contribution in [0.3, 0.4) is 0 Å². The van der Waals surface area contributed by atoms with E-state index >= 15 is 0 Å². The lowest BCUT2D eigenvalue weighted by molar-refractivity contribution is -0.138. The molecule has 1 aromatic heterocycles. The number of allylic oxidation sites excluding steroid dienone is 1. The van der Waals surface area contributed by atoms with Crippen molar-refractivity contribution in [2.45, 2.75) is 25.1 Å². The smallest absolute Gasteiger partial charge is 0.349 e. The van der Waals surface area contributed by atoms with Gasteiger partial charge in [0.2, 0.25) is 0 Å². The van der Waals surface area contributed by atoms with Crippen LogP contribution >= 0.6 is 23.4 Å². The standard InChI is InChI=1S/C23H19ClF3N5OS/c24-15-3-1-13(18(9-15)23(25,26)27)8-17(12-2-4-19-14(7-12)10-29-31-19)20-21(33)30-22(34-20)32-6-5-16(28)11-32/h1-4,7,9-10,16H,5-6,8,11,28H2,(H,29,31)/t16-/m1/s1. The Hall–Kier alpha value is -2.82. The van der Waals surface area contributed by atoms with E-state index in [0.717, 1.165) is 23.4 Å². The zero-order chi connectivity index (χ0) is 24.0. The first-order chi connectivity index (χ1) is 16.2. The number of amides is 1. The number of aromatic nitrogens is 2. The Morgan fingerprint density at radius 3 is 2.82 bits per heavy atom. The zero-order valence-corrected chi connectivity index (χ0v) is 19.3. The largest absolute Gasteiger partial charge is 0.416 e. The van der Waals surface area contributed by atoms with Gasteiger partial charge in [-0.15, -0.1) is 0 Å². The van der Waals surface area contributed by atoms with Gasteiger partial charge < -0.3 is 10.6 Å². The first-order valence-corrected chi connectivity index (χ1v) is 11.7. The highest BCUT2D eigenvalue weighted by Gasteiger charge is 2.36. The number of carbonyl (C=O) groups is 1. The average Bonchev–Trinajstić information content (AvgIpc) is 3.51. The Balaban J connectivity index is 1.60. The Labute approximate surface area is 202 Å². The summed E-state index contributed by atoms with van der Waals surface area (Å²) in [6.07, 6.45) is -2.30. The number of nitrogens with zero attached hydrogens (tertiary/aromatic N) is 3. The number of H-pyrrole nitrogens is 1. The van der Waals surface area contributed by atoms with Crippen LogP contribution in [0.25, 0.3) is 16.5 Å². The maximum Gasteiger partial charge on any atom is 0.416 e. The number of aromatic amines is 1. The number of carbonyl (C=O) groups excluding carboxylic acids is 1. The third-order valence-corrected chi connectivity index (χ3v) is 7.28. The lowest BCUT2D eigenvalue weighted by atomic mass is 9.93. The number of halogens is 4. The van der Waals surface area contributed by atoms with Gasteiger partial charge in [0.15, 0.2) is 5.17 Å². The topological polar surface area (TPSA) is 87.4 Å². The Morgan fingerprint density at radius 2 is 2.09 bits per heavy atom. The van der Waals surface area contributed by atoms with E-state index in [1.807, 2.05) is 11.0 Å². The molecule has 11 heteroatoms. The van der Waals surface area contributed by atoms with E-state index in [1.54, 1.807) is 18.3 Å². The molecule has 176 valence electrons. The third-order valence-electron chi connectivity index (χ3n) is 5.89. The molecule has 0 unspecified atom stereocenters. The summed E-state index contributed by atoms with van der Waals surface area (Å²) in [5.41, 5.74) is 7.07. The molecule has 5 rings (SSSR count). The summed E-state index contributed by atoms with van der Waals surface area (Å²) in [5.74, 6) is -0.467. The van der Waals surface area contributed by atoms with Crippen molar-refractivity contribution < 1.29 is 18.0 Å². The van der Waals surface area contributed by atoms with Gasteiger partial charge in [0.05, 0.1) is 22.2 Å². The molecule has 2 aromatic carbocycles. The monoisotopic (exact) mass is 505 g/mol. The number of hydrogen-bond donors (Lipinski definition) is 2. The van der Waals surface area contributed by atoms with Crippen molar-refractivity contribution in [3.8, 4) is 0 Å². The van der Waals surface area contributed by atoms with Gasteiger partial charge in [0.1, 0.15) is 0 Å². The van der Waals surface area contributed by atoms with Crippen LogP contribution in [0.4, 0.5) is 13.2 Å². The molecule has 0 aliphatic carbocycles. The highest BCUT2D eigenvalue weighted by molar-refractivity contribution is 8.18. The molecule has 3 heterocycles. The summed E-state index contributed by atoms with van der Waals surface area (Å²) in [6.45, 7) is 1.26. The van der Waals surface area contributed by atoms with Crippen LogP contribution in [0.2, 0.25) is 5.02 Å². The minimum absolute atomic E-state index is 0.00203. The number of aliphatic imine (C=N–C) groups is 1. The Bertz CT molecular complexity index is 1350. The second-order valence-electron chi connectivity index (χ2n) is 8.25. The molecular weight excluding hydrogens is 487 g/mol. The number of nitrogens with two attached hydrogens (primary N) is 1. The van der Waals surface area contributed by atoms with Gasteiger partial charge in [-0.2, -0.15) is 23.3 Å². The van der Waals surface area contributed by atoms with Crippen molar-refractivity contribution in [3.05, 3.63) is 69.2 Å². The minimum atomic E-state index is -4.59. The van der Waals surface area contributed by atoms with Gasteiger partial charge in [-0.1, -0.05) is 23.7 Å². The summed E-state index contributed by atoms with van der Waals surface area (Å²) in [6, 6.07) is 9.05. The first kappa shape index (κ1) is 22.9. The second kappa shape index (κ2) is 8.75. The van der Waals surface area contributed by atoms with E-state index in [1.165, 1.54) is 23.9 Å². The van der Waals surface area contributed by atoms with Gasteiger partial charge in [-0.25, -0.2) is 0 Å². The van der Waals surface area contributed by atoms with Crippen LogP contribution in [0, 0.1) is 0 Å². The molecular formula is C23H19ClF3N5OS. The van der Waals surface area contributed by atoms with Gasteiger partial charge in [0.25, 0.3) is 5.91 Å². The number of likely N-dealkylation sites (tertiary alicyclic amines) is 1. The summed E-state index contributed by atoms with van der Waals surface area (Å²) in [5, 5.41) is 8.17. The normalized spacial score (nSPS) is 20.4. The quantitative estimate of drug-likeness (QED) is 0.497. The van der Waals surface area contributed by atoms with Crippen molar-refractivity contribution in [2.24, 2.45) is 10.7 Å². The van der Waals surface area contributed by atoms with E-state index < -0.39 is 17.6 Å². The fraction of sp³-hybridized carbons (Fsp3) is 0.261. The van der Waals surface area contributed by atoms with Crippen LogP contribution in [-0.2, 0) is 17.4 Å². The molecule has 6 nitrogen and oxygen atoms in total. The molecule has 1 saturated heterocycles. The highest BCUT2D eigenvalue weighted by Crippen LogP contribution is 2.41. The maximum atomic E-state index is 13.8. The predicted molar refractivity (Wildman–Crippen MR) is 127 cm³/mol. The van der Waals surface area contributed by atoms with E-state index in [0.29, 0.717) is 34.3 Å². The number of fused-ring (bicyclic) bond motifs is 1. The van der Waals surface area contributed by atoms with Gasteiger partial charge in [-0.05, 0) is 65.6 Å². The van der Waals surface area contributed by atoms with Gasteiger partial charge in [-0.3, -0.25) is 9.89 Å². The van der Waals surface area contributed by atoms with E-state index in [4.69, 9.17) is 17.3 Å². The fourth-order valence-electron chi connectivity index (χ4n) is 4.18. The summed E-state index contributed by atoms with van der Waals surface area (Å²) >= 11 is 7.05. The van der Waals surface area contributed by atoms with Crippen LogP contribution in [0.5, 0.6) is 0 Å². The van der Waals surface area contributed by atoms with Crippen LogP contribution in [-0.4, -0.2) is 45.3 Å². The fourth-order valence-corrected chi connectivity index (χ4v) is 5.41. The van der Waals surface area contributed by atoms with E-state index in [-0.39, 0.29) is 23.0 Å². The summed E-state index contributed by atoms with van der Waals surface area (Å²) in [4.78, 5) is 19.4. The number of amidine groups is 1.